The van der Waals surface area contributed by atoms with Gasteiger partial charge in [-0.05, 0) is 0 Å². The summed E-state index contributed by atoms with van der Waals surface area (Å²) < 4.78 is 5.72. The van der Waals surface area contributed by atoms with Gasteiger partial charge >= 0.3 is 94.2 Å². The predicted octanol–water partition coefficient (Wildman–Crippen LogP) is 2.96. The zero-order chi connectivity index (χ0) is 10.1. The Hall–Kier alpha value is -1.37. The van der Waals surface area contributed by atoms with Crippen LogP contribution in [0.4, 0.5) is 0 Å². The standard InChI is InChI=1S/C13H9NSe/c1-2-4-10(5-3-1)11-6-7-12-9-14-15-13(12)8-11/h1-9H. The van der Waals surface area contributed by atoms with Crippen LogP contribution in [0.15, 0.2) is 54.7 Å². The molecule has 1 aromatic heterocycles. The molecule has 0 amide bonds. The average Bonchev–Trinajstić information content (AvgIpc) is 2.77. The van der Waals surface area contributed by atoms with E-state index in [1.165, 1.54) is 20.8 Å². The minimum absolute atomic E-state index is 0.292. The van der Waals surface area contributed by atoms with Crippen LogP contribution >= 0.6 is 0 Å². The van der Waals surface area contributed by atoms with Gasteiger partial charge in [-0.25, -0.2) is 0 Å². The molecule has 2 aromatic carbocycles. The molecule has 0 saturated carbocycles. The van der Waals surface area contributed by atoms with E-state index in [0.29, 0.717) is 14.7 Å². The summed E-state index contributed by atoms with van der Waals surface area (Å²) in [5, 5.41) is 1.29. The number of nitrogens with zero attached hydrogens (tertiary/aromatic N) is 1. The first kappa shape index (κ1) is 8.90. The van der Waals surface area contributed by atoms with Gasteiger partial charge in [0.2, 0.25) is 0 Å². The van der Waals surface area contributed by atoms with Crippen molar-refractivity contribution >= 4 is 24.4 Å². The second-order valence-corrected chi connectivity index (χ2v) is 5.19. The monoisotopic (exact) mass is 259 g/mol. The number of rotatable bonds is 1. The van der Waals surface area contributed by atoms with Crippen molar-refractivity contribution in [3.8, 4) is 11.1 Å². The van der Waals surface area contributed by atoms with Crippen LogP contribution in [0.25, 0.3) is 20.8 Å². The fourth-order valence-corrected chi connectivity index (χ4v) is 3.11. The first-order valence-electron chi connectivity index (χ1n) is 4.83. The third-order valence-corrected chi connectivity index (χ3v) is 4.06. The summed E-state index contributed by atoms with van der Waals surface area (Å²) in [5.74, 6) is 0. The molecule has 1 heterocycles. The minimum atomic E-state index is 0.292. The van der Waals surface area contributed by atoms with Crippen molar-refractivity contribution in [3.05, 3.63) is 54.7 Å². The van der Waals surface area contributed by atoms with E-state index in [-0.39, 0.29) is 0 Å². The Morgan fingerprint density at radius 2 is 1.73 bits per heavy atom. The number of benzene rings is 2. The van der Waals surface area contributed by atoms with Crippen LogP contribution in [0.5, 0.6) is 0 Å². The third kappa shape index (κ3) is 1.63. The fourth-order valence-electron chi connectivity index (χ4n) is 1.67. The molecule has 0 fully saturated rings. The Balaban J connectivity index is 2.19. The zero-order valence-electron chi connectivity index (χ0n) is 8.05. The van der Waals surface area contributed by atoms with Crippen molar-refractivity contribution in [1.82, 2.24) is 3.98 Å². The van der Waals surface area contributed by atoms with Crippen LogP contribution in [0, 0.1) is 0 Å². The number of fused-ring (bicyclic) bond motifs is 1. The molecule has 1 nitrogen and oxygen atoms in total. The molecule has 0 aliphatic rings. The third-order valence-electron chi connectivity index (χ3n) is 2.46. The van der Waals surface area contributed by atoms with Gasteiger partial charge in [0.25, 0.3) is 0 Å². The molecule has 3 aromatic rings. The van der Waals surface area contributed by atoms with Crippen molar-refractivity contribution in [2.45, 2.75) is 0 Å². The van der Waals surface area contributed by atoms with Gasteiger partial charge in [-0.3, -0.25) is 0 Å². The van der Waals surface area contributed by atoms with Crippen LogP contribution in [0.2, 0.25) is 0 Å². The summed E-state index contributed by atoms with van der Waals surface area (Å²) >= 11 is 0.292. The molecule has 0 spiro atoms. The summed E-state index contributed by atoms with van der Waals surface area (Å²) in [6.07, 6.45) is 1.98. The normalized spacial score (nSPS) is 10.7. The number of hydrogen-bond acceptors (Lipinski definition) is 1. The zero-order valence-corrected chi connectivity index (χ0v) is 9.76. The molecule has 72 valence electrons. The summed E-state index contributed by atoms with van der Waals surface area (Å²) in [5.41, 5.74) is 2.57. The van der Waals surface area contributed by atoms with Gasteiger partial charge in [-0.1, -0.05) is 0 Å². The molecule has 0 saturated heterocycles. The molecule has 3 rings (SSSR count). The van der Waals surface area contributed by atoms with Gasteiger partial charge < -0.3 is 0 Å². The van der Waals surface area contributed by atoms with E-state index in [0.717, 1.165) is 0 Å². The van der Waals surface area contributed by atoms with Crippen molar-refractivity contribution in [2.75, 3.05) is 0 Å². The molecular formula is C13H9NSe. The van der Waals surface area contributed by atoms with E-state index in [1.807, 2.05) is 12.3 Å². The molecule has 0 aliphatic heterocycles. The number of hydrogen-bond donors (Lipinski definition) is 0. The van der Waals surface area contributed by atoms with Gasteiger partial charge in [0.05, 0.1) is 0 Å². The maximum atomic E-state index is 4.32. The van der Waals surface area contributed by atoms with Crippen LogP contribution in [0.3, 0.4) is 0 Å². The Morgan fingerprint density at radius 1 is 0.867 bits per heavy atom. The van der Waals surface area contributed by atoms with Gasteiger partial charge in [-0.2, -0.15) is 0 Å². The number of aromatic nitrogens is 1. The van der Waals surface area contributed by atoms with Crippen LogP contribution in [-0.2, 0) is 0 Å². The molecule has 2 heteroatoms. The van der Waals surface area contributed by atoms with Crippen LogP contribution in [0.1, 0.15) is 0 Å². The molecule has 0 atom stereocenters. The van der Waals surface area contributed by atoms with Crippen LogP contribution in [-0.4, -0.2) is 18.7 Å². The Kier molecular flexibility index (Phi) is 2.17. The molecule has 0 radical (unpaired) electrons. The van der Waals surface area contributed by atoms with Crippen molar-refractivity contribution in [1.29, 1.82) is 0 Å². The van der Waals surface area contributed by atoms with E-state index in [4.69, 9.17) is 0 Å². The van der Waals surface area contributed by atoms with Crippen molar-refractivity contribution < 1.29 is 0 Å². The first-order valence-corrected chi connectivity index (χ1v) is 6.45. The second-order valence-electron chi connectivity index (χ2n) is 3.44. The topological polar surface area (TPSA) is 12.9 Å². The molecular weight excluding hydrogens is 249 g/mol. The van der Waals surface area contributed by atoms with Gasteiger partial charge in [0.1, 0.15) is 0 Å². The predicted molar refractivity (Wildman–Crippen MR) is 64.1 cm³/mol. The summed E-state index contributed by atoms with van der Waals surface area (Å²) in [6, 6.07) is 17.1. The van der Waals surface area contributed by atoms with Crippen molar-refractivity contribution in [2.24, 2.45) is 0 Å². The average molecular weight is 258 g/mol. The SMILES string of the molecule is c1ccc(-c2ccc3cn[se]c3c2)cc1. The van der Waals surface area contributed by atoms with E-state index in [2.05, 4.69) is 46.4 Å². The molecule has 0 bridgehead atoms. The van der Waals surface area contributed by atoms with E-state index in [9.17, 15) is 0 Å². The van der Waals surface area contributed by atoms with Gasteiger partial charge in [-0.15, -0.1) is 0 Å². The molecule has 0 aliphatic carbocycles. The van der Waals surface area contributed by atoms with Gasteiger partial charge in [0.15, 0.2) is 0 Å². The summed E-state index contributed by atoms with van der Waals surface area (Å²) in [7, 11) is 0. The quantitative estimate of drug-likeness (QED) is 0.611. The Bertz CT molecular complexity index is 584. The maximum absolute atomic E-state index is 4.32. The summed E-state index contributed by atoms with van der Waals surface area (Å²) in [6.45, 7) is 0. The Morgan fingerprint density at radius 3 is 2.60 bits per heavy atom. The second kappa shape index (κ2) is 3.65. The fraction of sp³-hybridized carbons (Fsp3) is 0. The van der Waals surface area contributed by atoms with Crippen LogP contribution < -0.4 is 0 Å². The Labute approximate surface area is 94.4 Å². The van der Waals surface area contributed by atoms with E-state index >= 15 is 0 Å². The molecule has 0 unspecified atom stereocenters. The molecule has 0 N–H and O–H groups in total. The van der Waals surface area contributed by atoms with Crippen molar-refractivity contribution in [3.63, 3.8) is 0 Å². The van der Waals surface area contributed by atoms with E-state index in [1.54, 1.807) is 0 Å². The van der Waals surface area contributed by atoms with E-state index < -0.39 is 0 Å². The molecule has 15 heavy (non-hydrogen) atoms. The summed E-state index contributed by atoms with van der Waals surface area (Å²) in [4.78, 5) is 0. The van der Waals surface area contributed by atoms with Gasteiger partial charge in [0, 0.05) is 0 Å². The first-order chi connectivity index (χ1) is 7.43.